The molecule has 1 heterocycles. The largest absolute Gasteiger partial charge is 0.472 e. The number of halogens is 2. The van der Waals surface area contributed by atoms with E-state index in [0.29, 0.717) is 10.6 Å². The number of nitriles is 1. The van der Waals surface area contributed by atoms with Crippen LogP contribution in [-0.2, 0) is 16.6 Å². The third-order valence-corrected chi connectivity index (χ3v) is 6.45. The van der Waals surface area contributed by atoms with Gasteiger partial charge in [-0.25, -0.2) is 17.8 Å². The molecule has 9 heteroatoms. The van der Waals surface area contributed by atoms with Crippen LogP contribution in [0.15, 0.2) is 89.8 Å². The Morgan fingerprint density at radius 2 is 1.68 bits per heavy atom. The Bertz CT molecular complexity index is 1450. The van der Waals surface area contributed by atoms with Gasteiger partial charge in [0.15, 0.2) is 0 Å². The van der Waals surface area contributed by atoms with Gasteiger partial charge in [-0.15, -0.1) is 0 Å². The highest BCUT2D eigenvalue weighted by molar-refractivity contribution is 7.92. The zero-order valence-corrected chi connectivity index (χ0v) is 19.1. The second-order valence-corrected chi connectivity index (χ2v) is 9.31. The second kappa shape index (κ2) is 9.91. The fraction of sp³-hybridized carbons (Fsp3) is 0.0400. The molecule has 0 bridgehead atoms. The number of aromatic nitrogens is 1. The average Bonchev–Trinajstić information content (AvgIpc) is 2.85. The summed E-state index contributed by atoms with van der Waals surface area (Å²) in [6.45, 7) is 0.108. The highest BCUT2D eigenvalue weighted by atomic mass is 35.5. The topological polar surface area (TPSA) is 92.1 Å². The molecule has 0 amide bonds. The van der Waals surface area contributed by atoms with Crippen LogP contribution in [0.25, 0.3) is 11.3 Å². The van der Waals surface area contributed by atoms with Gasteiger partial charge in [-0.1, -0.05) is 41.9 Å². The van der Waals surface area contributed by atoms with E-state index < -0.39 is 15.8 Å². The Morgan fingerprint density at radius 3 is 2.32 bits per heavy atom. The van der Waals surface area contributed by atoms with E-state index in [4.69, 9.17) is 16.3 Å². The van der Waals surface area contributed by atoms with Gasteiger partial charge in [-0.3, -0.25) is 4.72 Å². The quantitative estimate of drug-likeness (QED) is 0.351. The molecular formula is C25H17ClFN3O3S. The summed E-state index contributed by atoms with van der Waals surface area (Å²) in [5.41, 5.74) is 1.52. The first-order chi connectivity index (χ1) is 16.4. The second-order valence-electron chi connectivity index (χ2n) is 7.19. The molecule has 0 aliphatic rings. The Hall–Kier alpha value is -3.93. The van der Waals surface area contributed by atoms with Crippen molar-refractivity contribution in [3.8, 4) is 23.2 Å². The Labute approximate surface area is 201 Å². The number of benzene rings is 3. The zero-order chi connectivity index (χ0) is 24.1. The number of hydrogen-bond donors (Lipinski definition) is 1. The number of anilines is 1. The van der Waals surface area contributed by atoms with E-state index in [1.54, 1.807) is 42.5 Å². The van der Waals surface area contributed by atoms with Crippen LogP contribution in [-0.4, -0.2) is 13.4 Å². The van der Waals surface area contributed by atoms with E-state index in [2.05, 4.69) is 9.71 Å². The van der Waals surface area contributed by atoms with Crippen LogP contribution in [0.4, 0.5) is 10.1 Å². The predicted molar refractivity (Wildman–Crippen MR) is 127 cm³/mol. The van der Waals surface area contributed by atoms with Gasteiger partial charge in [0.25, 0.3) is 10.0 Å². The summed E-state index contributed by atoms with van der Waals surface area (Å²) >= 11 is 5.91. The molecule has 0 saturated carbocycles. The number of sulfonamides is 1. The maximum absolute atomic E-state index is 13.5. The molecule has 3 aromatic carbocycles. The van der Waals surface area contributed by atoms with E-state index in [1.165, 1.54) is 42.5 Å². The van der Waals surface area contributed by atoms with Gasteiger partial charge < -0.3 is 4.74 Å². The molecule has 170 valence electrons. The molecule has 4 rings (SSSR count). The number of pyridine rings is 1. The van der Waals surface area contributed by atoms with Gasteiger partial charge in [-0.2, -0.15) is 5.26 Å². The molecule has 4 aromatic rings. The summed E-state index contributed by atoms with van der Waals surface area (Å²) in [6, 6.07) is 23.5. The van der Waals surface area contributed by atoms with Crippen molar-refractivity contribution in [3.63, 3.8) is 0 Å². The highest BCUT2D eigenvalue weighted by Gasteiger charge is 2.21. The van der Waals surface area contributed by atoms with Crippen LogP contribution >= 0.6 is 11.6 Å². The van der Waals surface area contributed by atoms with E-state index >= 15 is 0 Å². The summed E-state index contributed by atoms with van der Waals surface area (Å²) in [4.78, 5) is 4.48. The molecule has 0 fully saturated rings. The molecule has 0 spiro atoms. The maximum atomic E-state index is 13.5. The average molecular weight is 494 g/mol. The van der Waals surface area contributed by atoms with Gasteiger partial charge >= 0.3 is 0 Å². The van der Waals surface area contributed by atoms with Crippen molar-refractivity contribution in [3.05, 3.63) is 107 Å². The van der Waals surface area contributed by atoms with Crippen molar-refractivity contribution in [1.82, 2.24) is 4.98 Å². The Kier molecular flexibility index (Phi) is 6.77. The molecule has 1 N–H and O–H groups in total. The van der Waals surface area contributed by atoms with Crippen molar-refractivity contribution < 1.29 is 17.5 Å². The summed E-state index contributed by atoms with van der Waals surface area (Å²) in [5, 5.41) is 10.3. The van der Waals surface area contributed by atoms with Crippen molar-refractivity contribution in [2.24, 2.45) is 0 Å². The third-order valence-electron chi connectivity index (χ3n) is 4.81. The monoisotopic (exact) mass is 493 g/mol. The van der Waals surface area contributed by atoms with Crippen LogP contribution in [0.3, 0.4) is 0 Å². The summed E-state index contributed by atoms with van der Waals surface area (Å²) < 4.78 is 47.7. The van der Waals surface area contributed by atoms with Crippen LogP contribution in [0.5, 0.6) is 5.88 Å². The maximum Gasteiger partial charge on any atom is 0.261 e. The fourth-order valence-electron chi connectivity index (χ4n) is 3.13. The first kappa shape index (κ1) is 23.2. The van der Waals surface area contributed by atoms with Gasteiger partial charge in [0, 0.05) is 10.6 Å². The number of hydrogen-bond acceptors (Lipinski definition) is 5. The number of rotatable bonds is 7. The molecule has 0 atom stereocenters. The first-order valence-electron chi connectivity index (χ1n) is 10.0. The van der Waals surface area contributed by atoms with Gasteiger partial charge in [-0.05, 0) is 60.2 Å². The van der Waals surface area contributed by atoms with E-state index in [0.717, 1.165) is 5.56 Å². The van der Waals surface area contributed by atoms with Crippen molar-refractivity contribution >= 4 is 27.3 Å². The minimum atomic E-state index is -3.98. The third kappa shape index (κ3) is 5.34. The van der Waals surface area contributed by atoms with Crippen molar-refractivity contribution in [2.75, 3.05) is 4.72 Å². The normalized spacial score (nSPS) is 11.0. The molecule has 6 nitrogen and oxygen atoms in total. The van der Waals surface area contributed by atoms with E-state index in [9.17, 15) is 18.1 Å². The van der Waals surface area contributed by atoms with Gasteiger partial charge in [0.05, 0.1) is 16.3 Å². The SMILES string of the molecule is N#Cc1cc(NS(=O)(=O)c2ccccc2)c(-c2ccc(F)cc2)nc1OCc1ccc(Cl)cc1. The molecule has 0 aliphatic heterocycles. The predicted octanol–water partition coefficient (Wildman–Crippen LogP) is 5.79. The van der Waals surface area contributed by atoms with Crippen molar-refractivity contribution in [1.29, 1.82) is 5.26 Å². The summed E-state index contributed by atoms with van der Waals surface area (Å²) in [7, 11) is -3.98. The minimum Gasteiger partial charge on any atom is -0.472 e. The molecule has 0 unspecified atom stereocenters. The number of nitrogens with one attached hydrogen (secondary N) is 1. The molecule has 0 radical (unpaired) electrons. The Balaban J connectivity index is 1.76. The first-order valence-corrected chi connectivity index (χ1v) is 11.9. The fourth-order valence-corrected chi connectivity index (χ4v) is 4.33. The van der Waals surface area contributed by atoms with Crippen LogP contribution in [0, 0.1) is 17.1 Å². The van der Waals surface area contributed by atoms with Gasteiger partial charge in [0.1, 0.15) is 24.1 Å². The summed E-state index contributed by atoms with van der Waals surface area (Å²) in [5.74, 6) is -0.442. The van der Waals surface area contributed by atoms with Crippen molar-refractivity contribution in [2.45, 2.75) is 11.5 Å². The van der Waals surface area contributed by atoms with Crippen LogP contribution in [0.1, 0.15) is 11.1 Å². The van der Waals surface area contributed by atoms with E-state index in [1.807, 2.05) is 6.07 Å². The zero-order valence-electron chi connectivity index (χ0n) is 17.6. The summed E-state index contributed by atoms with van der Waals surface area (Å²) in [6.07, 6.45) is 0. The van der Waals surface area contributed by atoms with Crippen LogP contribution in [0.2, 0.25) is 5.02 Å². The lowest BCUT2D eigenvalue weighted by atomic mass is 10.1. The minimum absolute atomic E-state index is 0.0134. The highest BCUT2D eigenvalue weighted by Crippen LogP contribution is 2.33. The standard InChI is InChI=1S/C25H17ClFN3O3S/c26-20-10-6-17(7-11-20)16-33-25-19(15-28)14-23(24(29-25)18-8-12-21(27)13-9-18)30-34(31,32)22-4-2-1-3-5-22/h1-14,30H,16H2. The molecule has 34 heavy (non-hydrogen) atoms. The lowest BCUT2D eigenvalue weighted by molar-refractivity contribution is 0.293. The molecule has 0 aliphatic carbocycles. The molecular weight excluding hydrogens is 477 g/mol. The van der Waals surface area contributed by atoms with Gasteiger partial charge in [0.2, 0.25) is 5.88 Å². The smallest absolute Gasteiger partial charge is 0.261 e. The molecule has 1 aromatic heterocycles. The Morgan fingerprint density at radius 1 is 1.00 bits per heavy atom. The lowest BCUT2D eigenvalue weighted by Crippen LogP contribution is -2.14. The van der Waals surface area contributed by atoms with Crippen LogP contribution < -0.4 is 9.46 Å². The molecule has 0 saturated heterocycles. The number of ether oxygens (including phenoxy) is 1. The van der Waals surface area contributed by atoms with E-state index in [-0.39, 0.29) is 34.3 Å². The number of nitrogens with zero attached hydrogens (tertiary/aromatic N) is 2. The lowest BCUT2D eigenvalue weighted by Gasteiger charge is -2.15.